The van der Waals surface area contributed by atoms with Crippen LogP contribution < -0.4 is 20.1 Å². The predicted molar refractivity (Wildman–Crippen MR) is 180 cm³/mol. The van der Waals surface area contributed by atoms with Gasteiger partial charge in [0.05, 0.1) is 21.9 Å². The van der Waals surface area contributed by atoms with Crippen molar-refractivity contribution in [2.24, 2.45) is 0 Å². The van der Waals surface area contributed by atoms with E-state index in [4.69, 9.17) is 24.8 Å². The number of nitrogens with one attached hydrogen (secondary N) is 2. The average Bonchev–Trinajstić information content (AvgIpc) is 3.87. The lowest BCUT2D eigenvalue weighted by Gasteiger charge is -2.33. The van der Waals surface area contributed by atoms with Crippen molar-refractivity contribution >= 4 is 57.1 Å². The number of aromatic amines is 1. The first kappa shape index (κ1) is 38.3. The van der Waals surface area contributed by atoms with Gasteiger partial charge in [0.1, 0.15) is 5.97 Å². The van der Waals surface area contributed by atoms with Gasteiger partial charge >= 0.3 is 30.2 Å². The number of imidazole rings is 2. The fourth-order valence-corrected chi connectivity index (χ4v) is 6.19. The summed E-state index contributed by atoms with van der Waals surface area (Å²) in [5, 5.41) is 17.9. The molecule has 0 bridgehead atoms. The van der Waals surface area contributed by atoms with Crippen LogP contribution in [0.5, 0.6) is 0 Å². The zero-order chi connectivity index (χ0) is 38.3. The van der Waals surface area contributed by atoms with Gasteiger partial charge in [-0.05, 0) is 49.2 Å². The summed E-state index contributed by atoms with van der Waals surface area (Å²) >= 11 is 1.53. The van der Waals surface area contributed by atoms with Crippen molar-refractivity contribution in [3.8, 4) is 17.5 Å². The number of benzene rings is 3. The number of hydrogen-bond acceptors (Lipinski definition) is 7. The third-order valence-electron chi connectivity index (χ3n) is 7.91. The molecule has 0 aliphatic heterocycles. The SMILES string of the molecule is O=C(N[n+]1c(-c2nc3ccccc3[nH]2)n(-c2cscn2)c2ccccc21)N(c1ccccc1)C1CCCCC1.O=C(O)C(F)(F)F.O=C([O-])C(F)(F)F. The number of carboxylic acids is 2. The van der Waals surface area contributed by atoms with Gasteiger partial charge in [0.2, 0.25) is 17.2 Å². The number of para-hydroxylation sites is 5. The number of thiazole rings is 1. The van der Waals surface area contributed by atoms with Crippen molar-refractivity contribution in [2.45, 2.75) is 50.5 Å². The number of carbonyl (C=O) groups excluding carboxylic acids is 2. The van der Waals surface area contributed by atoms with Gasteiger partial charge in [0, 0.05) is 11.7 Å². The van der Waals surface area contributed by atoms with Gasteiger partial charge in [0.15, 0.2) is 5.52 Å². The first-order chi connectivity index (χ1) is 25.2. The average molecular weight is 762 g/mol. The van der Waals surface area contributed by atoms with Crippen LogP contribution in [0.4, 0.5) is 36.8 Å². The summed E-state index contributed by atoms with van der Waals surface area (Å²) in [6, 6.07) is 25.9. The number of H-pyrrole nitrogens is 1. The van der Waals surface area contributed by atoms with Crippen LogP contribution in [0.3, 0.4) is 0 Å². The molecule has 0 radical (unpaired) electrons. The summed E-state index contributed by atoms with van der Waals surface area (Å²) in [6.45, 7) is 0. The summed E-state index contributed by atoms with van der Waals surface area (Å²) in [7, 11) is 0. The minimum atomic E-state index is -5.19. The summed E-state index contributed by atoms with van der Waals surface area (Å²) in [5.41, 5.74) is 9.54. The number of halogens is 6. The maximum Gasteiger partial charge on any atom is 0.490 e. The highest BCUT2D eigenvalue weighted by molar-refractivity contribution is 7.07. The van der Waals surface area contributed by atoms with Crippen LogP contribution in [-0.2, 0) is 9.59 Å². The normalized spacial score (nSPS) is 13.4. The molecule has 19 heteroatoms. The molecule has 3 aromatic carbocycles. The largest absolute Gasteiger partial charge is 0.542 e. The number of rotatable bonds is 5. The molecule has 1 fully saturated rings. The maximum absolute atomic E-state index is 14.2. The second-order valence-corrected chi connectivity index (χ2v) is 12.2. The van der Waals surface area contributed by atoms with Crippen LogP contribution in [0, 0.1) is 0 Å². The minimum absolute atomic E-state index is 0.142. The Labute approximate surface area is 299 Å². The van der Waals surface area contributed by atoms with Crippen LogP contribution in [0.1, 0.15) is 32.1 Å². The second-order valence-electron chi connectivity index (χ2n) is 11.4. The lowest BCUT2D eigenvalue weighted by Crippen LogP contribution is -2.56. The van der Waals surface area contributed by atoms with E-state index in [2.05, 4.69) is 20.0 Å². The van der Waals surface area contributed by atoms with Crippen molar-refractivity contribution in [1.29, 1.82) is 0 Å². The number of anilines is 1. The summed E-state index contributed by atoms with van der Waals surface area (Å²) < 4.78 is 67.2. The van der Waals surface area contributed by atoms with Gasteiger partial charge in [-0.1, -0.05) is 61.7 Å². The van der Waals surface area contributed by atoms with Crippen LogP contribution in [0.15, 0.2) is 89.8 Å². The van der Waals surface area contributed by atoms with E-state index in [0.29, 0.717) is 11.6 Å². The van der Waals surface area contributed by atoms with E-state index in [9.17, 15) is 31.1 Å². The van der Waals surface area contributed by atoms with Crippen LogP contribution >= 0.6 is 11.3 Å². The molecule has 0 spiro atoms. The van der Waals surface area contributed by atoms with Crippen molar-refractivity contribution < 1.29 is 55.6 Å². The molecule has 0 unspecified atom stereocenters. The molecule has 1 aliphatic carbocycles. The lowest BCUT2D eigenvalue weighted by atomic mass is 9.94. The van der Waals surface area contributed by atoms with E-state index in [0.717, 1.165) is 59.3 Å². The summed E-state index contributed by atoms with van der Waals surface area (Å²) in [4.78, 5) is 46.9. The number of aromatic nitrogens is 5. The highest BCUT2D eigenvalue weighted by Crippen LogP contribution is 2.30. The Kier molecular flexibility index (Phi) is 11.6. The van der Waals surface area contributed by atoms with Crippen molar-refractivity contribution in [1.82, 2.24) is 19.5 Å². The molecule has 2 amide bonds. The Hall–Kier alpha value is -5.98. The fourth-order valence-electron chi connectivity index (χ4n) is 5.67. The van der Waals surface area contributed by atoms with E-state index in [1.54, 1.807) is 0 Å². The fraction of sp³-hybridized carbons (Fsp3) is 0.235. The molecule has 3 aromatic heterocycles. The number of aliphatic carboxylic acids is 2. The third kappa shape index (κ3) is 9.09. The van der Waals surface area contributed by atoms with E-state index in [-0.39, 0.29) is 12.1 Å². The number of alkyl halides is 6. The molecule has 12 nitrogen and oxygen atoms in total. The Balaban J connectivity index is 0.000000330. The number of urea groups is 1. The molecule has 1 saturated carbocycles. The molecular formula is C34H29F6N7O5S. The van der Waals surface area contributed by atoms with Crippen molar-refractivity contribution in [3.05, 3.63) is 89.8 Å². The molecule has 7 rings (SSSR count). The molecule has 0 atom stereocenters. The number of carboxylic acid groups (broad SMARTS) is 2. The first-order valence-electron chi connectivity index (χ1n) is 15.8. The molecular weight excluding hydrogens is 732 g/mol. The van der Waals surface area contributed by atoms with E-state index < -0.39 is 24.3 Å². The van der Waals surface area contributed by atoms with Gasteiger partial charge in [-0.15, -0.1) is 16.0 Å². The molecule has 278 valence electrons. The van der Waals surface area contributed by atoms with E-state index in [1.165, 1.54) is 17.8 Å². The molecule has 3 N–H and O–H groups in total. The standard InChI is InChI=1S/C30H27N7OS.2C2HF3O2/c38-30(35(21-11-3-1-4-12-21)22-13-5-2-6-14-22)34-37-26-18-10-9-17-25(26)36(27-19-39-20-31-27)29(37)28-32-23-15-7-8-16-24(23)33-28;2*3-2(4,5)1(6)7/h1,3-4,7-12,15-20,22H,2,5-6,13-14H2,(H,34,38);2*(H,6,7). The molecule has 3 heterocycles. The highest BCUT2D eigenvalue weighted by atomic mass is 32.1. The molecule has 1 aliphatic rings. The van der Waals surface area contributed by atoms with Gasteiger partial charge in [0.25, 0.3) is 0 Å². The Morgan fingerprint density at radius 2 is 1.51 bits per heavy atom. The summed E-state index contributed by atoms with van der Waals surface area (Å²) in [6.07, 6.45) is -4.83. The van der Waals surface area contributed by atoms with E-state index >= 15 is 0 Å². The zero-order valence-corrected chi connectivity index (χ0v) is 28.1. The van der Waals surface area contributed by atoms with Gasteiger partial charge in [-0.25, -0.2) is 19.6 Å². The maximum atomic E-state index is 14.2. The van der Waals surface area contributed by atoms with Gasteiger partial charge < -0.3 is 20.0 Å². The molecule has 53 heavy (non-hydrogen) atoms. The molecule has 0 saturated heterocycles. The number of nitrogens with zero attached hydrogens (tertiary/aromatic N) is 5. The number of fused-ring (bicyclic) bond motifs is 2. The van der Waals surface area contributed by atoms with E-state index in [1.807, 2.05) is 99.3 Å². The quantitative estimate of drug-likeness (QED) is 0.136. The summed E-state index contributed by atoms with van der Waals surface area (Å²) in [5.74, 6) is -3.65. The van der Waals surface area contributed by atoms with Crippen LogP contribution in [-0.4, -0.2) is 61.0 Å². The zero-order valence-electron chi connectivity index (χ0n) is 27.3. The Bertz CT molecular complexity index is 2120. The Morgan fingerprint density at radius 3 is 2.09 bits per heavy atom. The van der Waals surface area contributed by atoms with Gasteiger partial charge in [-0.2, -0.15) is 36.3 Å². The Morgan fingerprint density at radius 1 is 0.906 bits per heavy atom. The smallest absolute Gasteiger partial charge is 0.490 e. The number of amides is 2. The predicted octanol–water partition coefficient (Wildman–Crippen LogP) is 6.35. The monoisotopic (exact) mass is 761 g/mol. The third-order valence-corrected chi connectivity index (χ3v) is 8.49. The number of hydrogen-bond donors (Lipinski definition) is 3. The van der Waals surface area contributed by atoms with Gasteiger partial charge in [-0.3, -0.25) is 4.90 Å². The van der Waals surface area contributed by atoms with Crippen molar-refractivity contribution in [3.63, 3.8) is 0 Å². The van der Waals surface area contributed by atoms with Crippen LogP contribution in [0.25, 0.3) is 39.5 Å². The van der Waals surface area contributed by atoms with Crippen LogP contribution in [0.2, 0.25) is 0 Å². The van der Waals surface area contributed by atoms with Crippen molar-refractivity contribution in [2.75, 3.05) is 10.3 Å². The minimum Gasteiger partial charge on any atom is -0.542 e. The highest BCUT2D eigenvalue weighted by Gasteiger charge is 2.38. The second kappa shape index (κ2) is 16.1. The topological polar surface area (TPSA) is 160 Å². The lowest BCUT2D eigenvalue weighted by molar-refractivity contribution is -0.603. The molecule has 6 aromatic rings. The first-order valence-corrected chi connectivity index (χ1v) is 16.7. The number of carbonyl (C=O) groups is 3.